The molecule has 0 radical (unpaired) electrons. The highest BCUT2D eigenvalue weighted by atomic mass is 32.2. The first-order valence-corrected chi connectivity index (χ1v) is 10.2. The number of amides is 1. The first-order valence-electron chi connectivity index (χ1n) is 7.92. The molecule has 1 saturated heterocycles. The van der Waals surface area contributed by atoms with E-state index in [9.17, 15) is 4.79 Å². The van der Waals surface area contributed by atoms with Gasteiger partial charge in [0.2, 0.25) is 5.91 Å². The maximum Gasteiger partial charge on any atom is 0.234 e. The molecule has 0 spiro atoms. The quantitative estimate of drug-likeness (QED) is 0.708. The summed E-state index contributed by atoms with van der Waals surface area (Å²) >= 11 is 3.39. The van der Waals surface area contributed by atoms with E-state index in [2.05, 4.69) is 30.5 Å². The molecule has 0 aromatic heterocycles. The molecule has 132 valence electrons. The number of nitrogens with zero attached hydrogens (tertiary/aromatic N) is 1. The molecule has 2 aromatic carbocycles. The second-order valence-corrected chi connectivity index (χ2v) is 7.58. The third-order valence-corrected chi connectivity index (χ3v) is 6.20. The van der Waals surface area contributed by atoms with E-state index in [-0.39, 0.29) is 11.3 Å². The van der Waals surface area contributed by atoms with Crippen LogP contribution >= 0.6 is 23.5 Å². The van der Waals surface area contributed by atoms with Crippen LogP contribution < -0.4 is 9.47 Å². The zero-order chi connectivity index (χ0) is 17.8. The molecule has 25 heavy (non-hydrogen) atoms. The van der Waals surface area contributed by atoms with Gasteiger partial charge in [-0.2, -0.15) is 0 Å². The van der Waals surface area contributed by atoms with Gasteiger partial charge in [-0.25, -0.2) is 0 Å². The minimum absolute atomic E-state index is 0.0372. The molecule has 0 bridgehead atoms. The van der Waals surface area contributed by atoms with E-state index in [1.54, 1.807) is 37.7 Å². The van der Waals surface area contributed by atoms with Crippen LogP contribution in [0.5, 0.6) is 11.5 Å². The highest BCUT2D eigenvalue weighted by Crippen LogP contribution is 2.41. The van der Waals surface area contributed by atoms with E-state index in [4.69, 9.17) is 9.47 Å². The van der Waals surface area contributed by atoms with Gasteiger partial charge in [0.05, 0.1) is 26.5 Å². The predicted octanol–water partition coefficient (Wildman–Crippen LogP) is 4.20. The van der Waals surface area contributed by atoms with E-state index in [1.165, 1.54) is 4.90 Å². The van der Waals surface area contributed by atoms with Gasteiger partial charge in [-0.1, -0.05) is 12.1 Å². The molecule has 1 atom stereocenters. The molecule has 1 unspecified atom stereocenters. The molecule has 0 N–H and O–H groups in total. The topological polar surface area (TPSA) is 38.8 Å². The van der Waals surface area contributed by atoms with E-state index in [0.717, 1.165) is 22.6 Å². The Kier molecular flexibility index (Phi) is 5.81. The Balaban J connectivity index is 1.85. The number of methoxy groups -OCH3 is 2. The Hall–Kier alpha value is -1.79. The van der Waals surface area contributed by atoms with Crippen LogP contribution in [0.2, 0.25) is 0 Å². The molecular formula is C19H21NO3S2. The van der Waals surface area contributed by atoms with E-state index in [1.807, 2.05) is 23.1 Å². The van der Waals surface area contributed by atoms with Crippen molar-refractivity contribution in [2.24, 2.45) is 0 Å². The number of carbonyl (C=O) groups is 1. The molecule has 1 amide bonds. The minimum atomic E-state index is 0.0372. The van der Waals surface area contributed by atoms with Crippen LogP contribution in [0.3, 0.4) is 0 Å². The fourth-order valence-electron chi connectivity index (χ4n) is 2.84. The average Bonchev–Trinajstić information content (AvgIpc) is 3.02. The van der Waals surface area contributed by atoms with Crippen molar-refractivity contribution in [3.63, 3.8) is 0 Å². The standard InChI is InChI=1S/C19H21NO3S2/c1-22-15-7-4-14(17(10-15)23-2)11-20-18(21)12-25-19(20)13-5-8-16(24-3)9-6-13/h4-10,19H,11-12H2,1-3H3. The van der Waals surface area contributed by atoms with Crippen molar-refractivity contribution in [3.8, 4) is 11.5 Å². The molecule has 0 saturated carbocycles. The van der Waals surface area contributed by atoms with Gasteiger partial charge in [-0.15, -0.1) is 23.5 Å². The summed E-state index contributed by atoms with van der Waals surface area (Å²) in [7, 11) is 3.26. The maximum atomic E-state index is 12.4. The van der Waals surface area contributed by atoms with Crippen molar-refractivity contribution in [3.05, 3.63) is 53.6 Å². The van der Waals surface area contributed by atoms with Crippen molar-refractivity contribution in [1.82, 2.24) is 4.90 Å². The molecule has 3 rings (SSSR count). The zero-order valence-electron chi connectivity index (χ0n) is 14.5. The average molecular weight is 376 g/mol. The monoisotopic (exact) mass is 375 g/mol. The van der Waals surface area contributed by atoms with Crippen LogP contribution in [-0.2, 0) is 11.3 Å². The Morgan fingerprint density at radius 1 is 1.16 bits per heavy atom. The molecule has 1 aliphatic rings. The van der Waals surface area contributed by atoms with Crippen LogP contribution in [0.15, 0.2) is 47.4 Å². The summed E-state index contributed by atoms with van der Waals surface area (Å²) in [5.74, 6) is 2.14. The number of carbonyl (C=O) groups excluding carboxylic acids is 1. The van der Waals surface area contributed by atoms with Gasteiger partial charge in [0.1, 0.15) is 16.9 Å². The first-order chi connectivity index (χ1) is 12.2. The first kappa shape index (κ1) is 18.0. The van der Waals surface area contributed by atoms with E-state index >= 15 is 0 Å². The molecule has 1 aliphatic heterocycles. The van der Waals surface area contributed by atoms with Crippen molar-refractivity contribution in [2.45, 2.75) is 16.8 Å². The number of rotatable bonds is 6. The molecule has 1 fully saturated rings. The van der Waals surface area contributed by atoms with Crippen LogP contribution in [0, 0.1) is 0 Å². The SMILES string of the molecule is COc1ccc(CN2C(=O)CSC2c2ccc(SC)cc2)c(OC)c1. The van der Waals surface area contributed by atoms with Gasteiger partial charge in [-0.05, 0) is 36.1 Å². The van der Waals surface area contributed by atoms with Gasteiger partial charge in [0.25, 0.3) is 0 Å². The third-order valence-electron chi connectivity index (χ3n) is 4.20. The molecule has 1 heterocycles. The van der Waals surface area contributed by atoms with Crippen molar-refractivity contribution in [2.75, 3.05) is 26.2 Å². The van der Waals surface area contributed by atoms with Gasteiger partial charge < -0.3 is 14.4 Å². The lowest BCUT2D eigenvalue weighted by Gasteiger charge is -2.25. The van der Waals surface area contributed by atoms with Gasteiger partial charge >= 0.3 is 0 Å². The van der Waals surface area contributed by atoms with E-state index < -0.39 is 0 Å². The normalized spacial score (nSPS) is 17.0. The highest BCUT2D eigenvalue weighted by molar-refractivity contribution is 8.00. The Morgan fingerprint density at radius 2 is 1.92 bits per heavy atom. The lowest BCUT2D eigenvalue weighted by Crippen LogP contribution is -2.27. The smallest absolute Gasteiger partial charge is 0.234 e. The fraction of sp³-hybridized carbons (Fsp3) is 0.316. The lowest BCUT2D eigenvalue weighted by atomic mass is 10.1. The molecular weight excluding hydrogens is 354 g/mol. The van der Waals surface area contributed by atoms with Crippen LogP contribution in [-0.4, -0.2) is 37.0 Å². The second kappa shape index (κ2) is 8.06. The minimum Gasteiger partial charge on any atom is -0.497 e. The van der Waals surface area contributed by atoms with E-state index in [0.29, 0.717) is 12.3 Å². The molecule has 6 heteroatoms. The highest BCUT2D eigenvalue weighted by Gasteiger charge is 2.33. The van der Waals surface area contributed by atoms with Gasteiger partial charge in [-0.3, -0.25) is 4.79 Å². The summed E-state index contributed by atoms with van der Waals surface area (Å²) in [5.41, 5.74) is 2.13. The Morgan fingerprint density at radius 3 is 2.56 bits per heavy atom. The summed E-state index contributed by atoms with van der Waals surface area (Å²) in [4.78, 5) is 15.6. The second-order valence-electron chi connectivity index (χ2n) is 5.64. The predicted molar refractivity (Wildman–Crippen MR) is 104 cm³/mol. The summed E-state index contributed by atoms with van der Waals surface area (Å²) in [6.07, 6.45) is 2.06. The number of benzene rings is 2. The van der Waals surface area contributed by atoms with Crippen molar-refractivity contribution >= 4 is 29.4 Å². The number of hydrogen-bond donors (Lipinski definition) is 0. The molecule has 0 aliphatic carbocycles. The zero-order valence-corrected chi connectivity index (χ0v) is 16.2. The number of thioether (sulfide) groups is 2. The van der Waals surface area contributed by atoms with Crippen molar-refractivity contribution in [1.29, 1.82) is 0 Å². The van der Waals surface area contributed by atoms with Gasteiger partial charge in [0.15, 0.2) is 0 Å². The van der Waals surface area contributed by atoms with Crippen LogP contribution in [0.25, 0.3) is 0 Å². The van der Waals surface area contributed by atoms with Crippen molar-refractivity contribution < 1.29 is 14.3 Å². The Bertz CT molecular complexity index is 749. The largest absolute Gasteiger partial charge is 0.497 e. The molecule has 2 aromatic rings. The summed E-state index contributed by atoms with van der Waals surface area (Å²) in [5, 5.41) is 0.0372. The number of ether oxygens (including phenoxy) is 2. The number of hydrogen-bond acceptors (Lipinski definition) is 5. The summed E-state index contributed by atoms with van der Waals surface area (Å²) in [6, 6.07) is 14.1. The van der Waals surface area contributed by atoms with Crippen LogP contribution in [0.1, 0.15) is 16.5 Å². The maximum absolute atomic E-state index is 12.4. The fourth-order valence-corrected chi connectivity index (χ4v) is 4.43. The Labute approximate surface area is 156 Å². The van der Waals surface area contributed by atoms with Crippen LogP contribution in [0.4, 0.5) is 0 Å². The lowest BCUT2D eigenvalue weighted by molar-refractivity contribution is -0.128. The molecule has 4 nitrogen and oxygen atoms in total. The van der Waals surface area contributed by atoms with Gasteiger partial charge in [0, 0.05) is 16.5 Å². The summed E-state index contributed by atoms with van der Waals surface area (Å²) < 4.78 is 10.7. The summed E-state index contributed by atoms with van der Waals surface area (Å²) in [6.45, 7) is 0.522. The third kappa shape index (κ3) is 3.90.